The molecule has 0 aliphatic rings. The Bertz CT molecular complexity index is 371. The molecule has 5 heteroatoms. The summed E-state index contributed by atoms with van der Waals surface area (Å²) in [5, 5.41) is 11.8. The molecule has 2 atom stereocenters. The lowest BCUT2D eigenvalue weighted by Crippen LogP contribution is -2.38. The number of rotatable bonds is 4. The molecule has 0 saturated carbocycles. The van der Waals surface area contributed by atoms with Crippen LogP contribution in [0.4, 0.5) is 0 Å². The summed E-state index contributed by atoms with van der Waals surface area (Å²) in [6.07, 6.45) is 3.13. The minimum Gasteiger partial charge on any atom is -0.396 e. The van der Waals surface area contributed by atoms with Crippen molar-refractivity contribution in [1.29, 1.82) is 0 Å². The highest BCUT2D eigenvalue weighted by Gasteiger charge is 2.15. The molecule has 1 aromatic rings. The Morgan fingerprint density at radius 3 is 2.81 bits per heavy atom. The summed E-state index contributed by atoms with van der Waals surface area (Å²) >= 11 is 3.26. The van der Waals surface area contributed by atoms with E-state index in [9.17, 15) is 4.79 Å². The summed E-state index contributed by atoms with van der Waals surface area (Å²) in [6, 6.07) is 1.63. The van der Waals surface area contributed by atoms with Gasteiger partial charge in [-0.05, 0) is 34.8 Å². The standard InChI is InChI=1S/C11H15BrN2O2/c1-7(6-15)8(2)14-11(16)9-3-10(12)5-13-4-9/h3-5,7-8,15H,6H2,1-2H3,(H,14,16). The second-order valence-electron chi connectivity index (χ2n) is 3.81. The van der Waals surface area contributed by atoms with Gasteiger partial charge in [0.05, 0.1) is 5.56 Å². The van der Waals surface area contributed by atoms with Crippen LogP contribution in [0.2, 0.25) is 0 Å². The van der Waals surface area contributed by atoms with E-state index in [1.165, 1.54) is 6.20 Å². The fourth-order valence-corrected chi connectivity index (χ4v) is 1.49. The van der Waals surface area contributed by atoms with Crippen molar-refractivity contribution < 1.29 is 9.90 Å². The molecule has 0 radical (unpaired) electrons. The third kappa shape index (κ3) is 3.57. The van der Waals surface area contributed by atoms with Crippen LogP contribution in [0.15, 0.2) is 22.9 Å². The highest BCUT2D eigenvalue weighted by atomic mass is 79.9. The van der Waals surface area contributed by atoms with Crippen LogP contribution < -0.4 is 5.32 Å². The van der Waals surface area contributed by atoms with Crippen molar-refractivity contribution in [1.82, 2.24) is 10.3 Å². The molecule has 88 valence electrons. The molecule has 0 fully saturated rings. The number of nitrogens with zero attached hydrogens (tertiary/aromatic N) is 1. The van der Waals surface area contributed by atoms with Crippen LogP contribution >= 0.6 is 15.9 Å². The van der Waals surface area contributed by atoms with Gasteiger partial charge < -0.3 is 10.4 Å². The van der Waals surface area contributed by atoms with Crippen molar-refractivity contribution >= 4 is 21.8 Å². The van der Waals surface area contributed by atoms with Crippen molar-refractivity contribution in [2.24, 2.45) is 5.92 Å². The molecule has 1 heterocycles. The third-order valence-electron chi connectivity index (χ3n) is 2.47. The zero-order valence-corrected chi connectivity index (χ0v) is 10.9. The maximum absolute atomic E-state index is 11.8. The molecular formula is C11H15BrN2O2. The maximum Gasteiger partial charge on any atom is 0.253 e. The number of pyridine rings is 1. The fourth-order valence-electron chi connectivity index (χ4n) is 1.13. The van der Waals surface area contributed by atoms with Gasteiger partial charge in [-0.2, -0.15) is 0 Å². The van der Waals surface area contributed by atoms with Crippen molar-refractivity contribution in [3.05, 3.63) is 28.5 Å². The predicted molar refractivity (Wildman–Crippen MR) is 65.1 cm³/mol. The Labute approximate surface area is 103 Å². The summed E-state index contributed by atoms with van der Waals surface area (Å²) in [6.45, 7) is 3.80. The summed E-state index contributed by atoms with van der Waals surface area (Å²) in [7, 11) is 0. The van der Waals surface area contributed by atoms with Gasteiger partial charge >= 0.3 is 0 Å². The summed E-state index contributed by atoms with van der Waals surface area (Å²) < 4.78 is 0.767. The highest BCUT2D eigenvalue weighted by Crippen LogP contribution is 2.10. The van der Waals surface area contributed by atoms with E-state index in [0.717, 1.165) is 4.47 Å². The smallest absolute Gasteiger partial charge is 0.253 e. The zero-order valence-electron chi connectivity index (χ0n) is 9.27. The lowest BCUT2D eigenvalue weighted by atomic mass is 10.0. The van der Waals surface area contributed by atoms with Gasteiger partial charge in [-0.3, -0.25) is 9.78 Å². The normalized spacial score (nSPS) is 14.2. The number of aliphatic hydroxyl groups excluding tert-OH is 1. The molecule has 0 spiro atoms. The molecule has 0 aromatic carbocycles. The largest absolute Gasteiger partial charge is 0.396 e. The molecule has 0 bridgehead atoms. The van der Waals surface area contributed by atoms with E-state index in [1.54, 1.807) is 12.3 Å². The molecule has 1 aromatic heterocycles. The molecule has 0 aliphatic heterocycles. The zero-order chi connectivity index (χ0) is 12.1. The molecule has 16 heavy (non-hydrogen) atoms. The van der Waals surface area contributed by atoms with E-state index in [2.05, 4.69) is 26.2 Å². The Kier molecular flexibility index (Phi) is 4.89. The molecule has 4 nitrogen and oxygen atoms in total. The number of halogens is 1. The van der Waals surface area contributed by atoms with Crippen molar-refractivity contribution in [3.8, 4) is 0 Å². The average Bonchev–Trinajstić information content (AvgIpc) is 2.27. The topological polar surface area (TPSA) is 62.2 Å². The number of aliphatic hydroxyl groups is 1. The number of aromatic nitrogens is 1. The number of carbonyl (C=O) groups excluding carboxylic acids is 1. The average molecular weight is 287 g/mol. The van der Waals surface area contributed by atoms with Gasteiger partial charge in [-0.15, -0.1) is 0 Å². The third-order valence-corrected chi connectivity index (χ3v) is 2.90. The van der Waals surface area contributed by atoms with Crippen LogP contribution in [0.25, 0.3) is 0 Å². The number of carbonyl (C=O) groups is 1. The molecule has 2 unspecified atom stereocenters. The number of amides is 1. The van der Waals surface area contributed by atoms with Gasteiger partial charge in [-0.1, -0.05) is 6.92 Å². The molecule has 1 amide bonds. The molecule has 0 aliphatic carbocycles. The monoisotopic (exact) mass is 286 g/mol. The number of hydrogen-bond acceptors (Lipinski definition) is 3. The Hall–Kier alpha value is -0.940. The van der Waals surface area contributed by atoms with E-state index in [4.69, 9.17) is 5.11 Å². The van der Waals surface area contributed by atoms with Crippen LogP contribution in [0.5, 0.6) is 0 Å². The van der Waals surface area contributed by atoms with Crippen LogP contribution in [-0.2, 0) is 0 Å². The van der Waals surface area contributed by atoms with Crippen molar-refractivity contribution in [2.75, 3.05) is 6.61 Å². The summed E-state index contributed by atoms with van der Waals surface area (Å²) in [4.78, 5) is 15.7. The summed E-state index contributed by atoms with van der Waals surface area (Å²) in [5.74, 6) is -0.148. The van der Waals surface area contributed by atoms with Gasteiger partial charge in [-0.25, -0.2) is 0 Å². The van der Waals surface area contributed by atoms with Crippen LogP contribution in [0.3, 0.4) is 0 Å². The lowest BCUT2D eigenvalue weighted by Gasteiger charge is -2.19. The second kappa shape index (κ2) is 5.96. The van der Waals surface area contributed by atoms with Gasteiger partial charge in [0.2, 0.25) is 0 Å². The molecule has 0 saturated heterocycles. The number of nitrogens with one attached hydrogen (secondary N) is 1. The highest BCUT2D eigenvalue weighted by molar-refractivity contribution is 9.10. The first kappa shape index (κ1) is 13.1. The van der Waals surface area contributed by atoms with Crippen LogP contribution in [0, 0.1) is 5.92 Å². The van der Waals surface area contributed by atoms with E-state index in [0.29, 0.717) is 5.56 Å². The second-order valence-corrected chi connectivity index (χ2v) is 4.73. The fraction of sp³-hybridized carbons (Fsp3) is 0.455. The van der Waals surface area contributed by atoms with Crippen molar-refractivity contribution in [3.63, 3.8) is 0 Å². The Balaban J connectivity index is 2.66. The Morgan fingerprint density at radius 2 is 2.25 bits per heavy atom. The first-order valence-corrected chi connectivity index (χ1v) is 5.86. The van der Waals surface area contributed by atoms with Gasteiger partial charge in [0.1, 0.15) is 0 Å². The van der Waals surface area contributed by atoms with Crippen LogP contribution in [0.1, 0.15) is 24.2 Å². The van der Waals surface area contributed by atoms with E-state index < -0.39 is 0 Å². The molecular weight excluding hydrogens is 272 g/mol. The molecule has 1 rings (SSSR count). The Morgan fingerprint density at radius 1 is 1.56 bits per heavy atom. The van der Waals surface area contributed by atoms with E-state index >= 15 is 0 Å². The maximum atomic E-state index is 11.8. The van der Waals surface area contributed by atoms with E-state index in [-0.39, 0.29) is 24.5 Å². The van der Waals surface area contributed by atoms with Crippen LogP contribution in [-0.4, -0.2) is 28.6 Å². The first-order valence-electron chi connectivity index (χ1n) is 5.07. The lowest BCUT2D eigenvalue weighted by molar-refractivity contribution is 0.0916. The van der Waals surface area contributed by atoms with Gasteiger partial charge in [0.25, 0.3) is 5.91 Å². The van der Waals surface area contributed by atoms with E-state index in [1.807, 2.05) is 13.8 Å². The quantitative estimate of drug-likeness (QED) is 0.884. The summed E-state index contributed by atoms with van der Waals surface area (Å²) in [5.41, 5.74) is 0.506. The SMILES string of the molecule is CC(CO)C(C)NC(=O)c1cncc(Br)c1. The minimum atomic E-state index is -0.179. The minimum absolute atomic E-state index is 0.0315. The number of hydrogen-bond donors (Lipinski definition) is 2. The van der Waals surface area contributed by atoms with Crippen molar-refractivity contribution in [2.45, 2.75) is 19.9 Å². The molecule has 2 N–H and O–H groups in total. The first-order chi connectivity index (χ1) is 7.54. The van der Waals surface area contributed by atoms with Gasteiger partial charge in [0, 0.05) is 29.5 Å². The predicted octanol–water partition coefficient (Wildman–Crippen LogP) is 1.59. The van der Waals surface area contributed by atoms with Gasteiger partial charge in [0.15, 0.2) is 0 Å².